The number of hydrogen-bond donors (Lipinski definition) is 13. The van der Waals surface area contributed by atoms with Crippen LogP contribution in [0.4, 0.5) is 5.82 Å². The topological polar surface area (TPSA) is 356 Å². The second kappa shape index (κ2) is 21.9. The predicted molar refractivity (Wildman–Crippen MR) is 220 cm³/mol. The molecule has 0 aliphatic carbocycles. The summed E-state index contributed by atoms with van der Waals surface area (Å²) in [4.78, 5) is 125. The number of carbonyl (C=O) groups is 9. The highest BCUT2D eigenvalue weighted by Gasteiger charge is 2.41. The fourth-order valence-electron chi connectivity index (χ4n) is 7.30. The molecule has 23 nitrogen and oxygen atoms in total. The molecule has 0 spiro atoms. The quantitative estimate of drug-likeness (QED) is 0.108. The molecule has 23 heteroatoms. The Morgan fingerprint density at radius 3 is 2.18 bits per heavy atom. The molecule has 340 valence electrons. The monoisotopic (exact) mass is 871 g/mol. The van der Waals surface area contributed by atoms with Gasteiger partial charge in [0.15, 0.2) is 0 Å². The van der Waals surface area contributed by atoms with E-state index in [9.17, 15) is 58.5 Å². The van der Waals surface area contributed by atoms with Crippen LogP contribution >= 0.6 is 0 Å². The van der Waals surface area contributed by atoms with Crippen LogP contribution in [0.5, 0.6) is 5.75 Å². The third-order valence-corrected chi connectivity index (χ3v) is 11.1. The summed E-state index contributed by atoms with van der Waals surface area (Å²) in [7, 11) is 1.60. The molecule has 2 aliphatic heterocycles. The number of nitrogens with zero attached hydrogens (tertiary/aromatic N) is 1. The molecule has 1 aromatic heterocycles. The van der Waals surface area contributed by atoms with Gasteiger partial charge in [0.05, 0.1) is 44.3 Å². The molecule has 0 radical (unpaired) electrons. The summed E-state index contributed by atoms with van der Waals surface area (Å²) in [6, 6.07) is -2.68. The summed E-state index contributed by atoms with van der Waals surface area (Å²) in [6.45, 7) is 1.99. The third-order valence-electron chi connectivity index (χ3n) is 11.1. The molecule has 2 saturated heterocycles. The summed E-state index contributed by atoms with van der Waals surface area (Å²) in [5, 5.41) is 51.5. The molecule has 3 heterocycles. The molecule has 2 aromatic rings. The highest BCUT2D eigenvalue weighted by molar-refractivity contribution is 5.99. The molecule has 0 saturated carbocycles. The van der Waals surface area contributed by atoms with Crippen LogP contribution in [0.15, 0.2) is 18.2 Å². The number of carbonyl (C=O) groups excluding carboxylic acids is 9. The van der Waals surface area contributed by atoms with E-state index in [2.05, 4.69) is 47.5 Å². The van der Waals surface area contributed by atoms with E-state index in [0.29, 0.717) is 35.1 Å². The molecule has 7 unspecified atom stereocenters. The van der Waals surface area contributed by atoms with Crippen molar-refractivity contribution in [2.75, 3.05) is 45.2 Å². The van der Waals surface area contributed by atoms with Crippen LogP contribution in [0.1, 0.15) is 52.0 Å². The fraction of sp³-hybridized carbons (Fsp3) is 0.564. The Morgan fingerprint density at radius 1 is 0.855 bits per heavy atom. The van der Waals surface area contributed by atoms with E-state index < -0.39 is 134 Å². The average molecular weight is 872 g/mol. The van der Waals surface area contributed by atoms with Gasteiger partial charge in [0.25, 0.3) is 0 Å². The van der Waals surface area contributed by atoms with Crippen molar-refractivity contribution in [2.45, 2.75) is 89.2 Å². The maximum absolute atomic E-state index is 14.3. The Hall–Kier alpha value is -6.49. The maximum atomic E-state index is 14.3. The van der Waals surface area contributed by atoms with Gasteiger partial charge in [0.2, 0.25) is 53.2 Å². The van der Waals surface area contributed by atoms with E-state index in [-0.39, 0.29) is 25.1 Å². The van der Waals surface area contributed by atoms with Gasteiger partial charge in [-0.1, -0.05) is 27.2 Å². The Balaban J connectivity index is 1.76. The highest BCUT2D eigenvalue weighted by Crippen LogP contribution is 2.30. The second-order valence-electron chi connectivity index (χ2n) is 15.4. The van der Waals surface area contributed by atoms with E-state index >= 15 is 0 Å². The summed E-state index contributed by atoms with van der Waals surface area (Å²) < 4.78 is 0. The number of nitrogens with two attached hydrogens (primary N) is 1. The summed E-state index contributed by atoms with van der Waals surface area (Å²) in [5.41, 5.74) is 6.35. The lowest BCUT2D eigenvalue weighted by Crippen LogP contribution is -2.61. The molecule has 4 rings (SSSR count). The number of aliphatic hydroxyl groups excluding tert-OH is 2. The van der Waals surface area contributed by atoms with E-state index in [1.54, 1.807) is 27.0 Å². The van der Waals surface area contributed by atoms with Gasteiger partial charge in [0, 0.05) is 42.9 Å². The molecule has 8 atom stereocenters. The van der Waals surface area contributed by atoms with E-state index in [1.165, 1.54) is 19.1 Å². The van der Waals surface area contributed by atoms with Gasteiger partial charge in [0.1, 0.15) is 41.8 Å². The van der Waals surface area contributed by atoms with Crippen molar-refractivity contribution < 1.29 is 58.5 Å². The minimum atomic E-state index is -1.64. The number of H-pyrrole nitrogens is 1. The van der Waals surface area contributed by atoms with Crippen LogP contribution in [-0.2, 0) is 49.6 Å². The van der Waals surface area contributed by atoms with Crippen LogP contribution in [-0.4, -0.2) is 155 Å². The van der Waals surface area contributed by atoms with Crippen LogP contribution in [0.3, 0.4) is 0 Å². The van der Waals surface area contributed by atoms with Gasteiger partial charge in [-0.05, 0) is 30.9 Å². The largest absolute Gasteiger partial charge is 0.508 e. The summed E-state index contributed by atoms with van der Waals surface area (Å²) in [6.07, 6.45) is -1.71. The normalized spacial score (nSPS) is 24.5. The lowest BCUT2D eigenvalue weighted by Gasteiger charge is -2.32. The fourth-order valence-corrected chi connectivity index (χ4v) is 7.30. The van der Waals surface area contributed by atoms with Gasteiger partial charge in [-0.25, -0.2) is 0 Å². The van der Waals surface area contributed by atoms with Crippen molar-refractivity contribution in [3.05, 3.63) is 23.8 Å². The lowest BCUT2D eigenvalue weighted by molar-refractivity contribution is -0.143. The molecule has 62 heavy (non-hydrogen) atoms. The standard InChI is InChI=1S/C39H57N11O12/c1-5-18(2)32-37(60)44-14-29(55)42-15-30(56)45-25(13-28(40)54)39(62)50-10-6-7-26(50)36(59)49-33(19(3)27(53)17-51)38(61)47-24(35(58)43-16-31(57)48-32)12-22-21-9-8-20(52)11-23(21)46-34(22)41-4/h8-9,11,18-19,24-27,32-33,41,46,51-53H,5-7,10,12-17H2,1-4H3,(H2,40,54)(H,42,55)(H,43,58)(H,44,60)(H,45,56)(H,47,61)(H,48,57)(H,49,59)/t18?,19-,24?,25?,26?,27?,32?,33?/m0/s1. The Morgan fingerprint density at radius 2 is 1.52 bits per heavy atom. The van der Waals surface area contributed by atoms with Gasteiger partial charge >= 0.3 is 0 Å². The Bertz CT molecular complexity index is 2030. The zero-order valence-electron chi connectivity index (χ0n) is 35.0. The van der Waals surface area contributed by atoms with Crippen molar-refractivity contribution in [2.24, 2.45) is 17.6 Å². The van der Waals surface area contributed by atoms with Gasteiger partial charge < -0.3 is 73.5 Å². The number of nitrogens with one attached hydrogen (secondary N) is 9. The van der Waals surface area contributed by atoms with Gasteiger partial charge in [-0.3, -0.25) is 43.2 Å². The summed E-state index contributed by atoms with van der Waals surface area (Å²) in [5.74, 6) is -9.15. The Kier molecular flexibility index (Phi) is 17.0. The summed E-state index contributed by atoms with van der Waals surface area (Å²) >= 11 is 0. The van der Waals surface area contributed by atoms with E-state index in [0.717, 1.165) is 4.90 Å². The number of anilines is 1. The van der Waals surface area contributed by atoms with Crippen molar-refractivity contribution in [3.8, 4) is 5.75 Å². The molecule has 9 amide bonds. The van der Waals surface area contributed by atoms with E-state index in [4.69, 9.17) is 5.73 Å². The van der Waals surface area contributed by atoms with Crippen molar-refractivity contribution in [3.63, 3.8) is 0 Å². The predicted octanol–water partition coefficient (Wildman–Crippen LogP) is -4.34. The van der Waals surface area contributed by atoms with Crippen LogP contribution in [0, 0.1) is 11.8 Å². The number of aromatic nitrogens is 1. The maximum Gasteiger partial charge on any atom is 0.246 e. The number of phenolic OH excluding ortho intramolecular Hbond substituents is 1. The van der Waals surface area contributed by atoms with Crippen molar-refractivity contribution in [1.29, 1.82) is 0 Å². The number of hydrogen-bond acceptors (Lipinski definition) is 13. The number of aromatic hydroxyl groups is 1. The van der Waals surface area contributed by atoms with Gasteiger partial charge in [-0.2, -0.15) is 0 Å². The minimum Gasteiger partial charge on any atom is -0.508 e. The number of benzene rings is 1. The minimum absolute atomic E-state index is 0.00612. The number of phenols is 1. The van der Waals surface area contributed by atoms with Crippen LogP contribution in [0.25, 0.3) is 10.9 Å². The molecule has 2 fully saturated rings. The number of aliphatic hydroxyl groups is 2. The molecular weight excluding hydrogens is 814 g/mol. The first-order chi connectivity index (χ1) is 29.4. The zero-order valence-corrected chi connectivity index (χ0v) is 35.0. The average Bonchev–Trinajstić information content (AvgIpc) is 3.87. The number of fused-ring (bicyclic) bond motifs is 2. The number of amides is 9. The van der Waals surface area contributed by atoms with E-state index in [1.807, 2.05) is 0 Å². The van der Waals surface area contributed by atoms with Crippen molar-refractivity contribution >= 4 is 69.9 Å². The van der Waals surface area contributed by atoms with Crippen LogP contribution in [0.2, 0.25) is 0 Å². The van der Waals surface area contributed by atoms with Gasteiger partial charge in [-0.15, -0.1) is 0 Å². The van der Waals surface area contributed by atoms with Crippen LogP contribution < -0.4 is 48.3 Å². The van der Waals surface area contributed by atoms with Crippen molar-refractivity contribution in [1.82, 2.24) is 47.1 Å². The molecule has 14 N–H and O–H groups in total. The molecular formula is C39H57N11O12. The molecule has 2 aliphatic rings. The number of aromatic amines is 1. The Labute approximate surface area is 356 Å². The first-order valence-electron chi connectivity index (χ1n) is 20.3. The smallest absolute Gasteiger partial charge is 0.246 e. The third kappa shape index (κ3) is 12.3. The number of rotatable bonds is 10. The first-order valence-corrected chi connectivity index (χ1v) is 20.3. The zero-order chi connectivity index (χ0) is 45.8. The SMILES string of the molecule is CCC(C)C1NC(=O)CNC(=O)C(Cc2c(NC)[nH]c3cc(O)ccc23)NC(=O)C([C@@H](C)C(O)CO)NC(=O)C2CCCN2C(=O)C(CC(N)=O)NC(=O)CNC(=O)CNC1=O. The first kappa shape index (κ1) is 48.2. The lowest BCUT2D eigenvalue weighted by atomic mass is 9.93. The second-order valence-corrected chi connectivity index (χ2v) is 15.4. The molecule has 1 aromatic carbocycles. The number of primary amides is 1. The highest BCUT2D eigenvalue weighted by atomic mass is 16.3. The molecule has 0 bridgehead atoms.